The third-order valence-electron chi connectivity index (χ3n) is 3.12. The summed E-state index contributed by atoms with van der Waals surface area (Å²) in [4.78, 5) is 16.2. The predicted octanol–water partition coefficient (Wildman–Crippen LogP) is 2.11. The number of benzene rings is 1. The number of piperidine rings is 1. The van der Waals surface area contributed by atoms with Crippen LogP contribution in [0.1, 0.15) is 19.3 Å². The molecule has 0 atom stereocenters. The molecule has 1 aromatic carbocycles. The summed E-state index contributed by atoms with van der Waals surface area (Å²) in [6.07, 6.45) is 3.72. The molecule has 0 amide bonds. The second-order valence-corrected chi connectivity index (χ2v) is 4.22. The third-order valence-corrected chi connectivity index (χ3v) is 3.12. The fraction of sp³-hybridized carbons (Fsp3) is 0.417. The lowest BCUT2D eigenvalue weighted by atomic mass is 10.1. The molecule has 1 N–H and O–H groups in total. The van der Waals surface area contributed by atoms with Gasteiger partial charge >= 0.3 is 5.76 Å². The van der Waals surface area contributed by atoms with Crippen LogP contribution in [0.25, 0.3) is 11.1 Å². The Morgan fingerprint density at radius 3 is 2.81 bits per heavy atom. The Morgan fingerprint density at radius 2 is 2.00 bits per heavy atom. The van der Waals surface area contributed by atoms with Gasteiger partial charge in [0.25, 0.3) is 0 Å². The molecule has 1 aliphatic heterocycles. The van der Waals surface area contributed by atoms with E-state index in [-0.39, 0.29) is 5.76 Å². The number of oxazole rings is 1. The minimum Gasteiger partial charge on any atom is -0.406 e. The van der Waals surface area contributed by atoms with E-state index in [9.17, 15) is 4.79 Å². The summed E-state index contributed by atoms with van der Waals surface area (Å²) in [5.74, 6) is -0.376. The molecule has 2 aromatic rings. The number of aromatic amines is 1. The number of hydrogen-bond donors (Lipinski definition) is 1. The Kier molecular flexibility index (Phi) is 2.20. The normalized spacial score (nSPS) is 16.9. The molecule has 1 aliphatic rings. The third kappa shape index (κ3) is 1.50. The van der Waals surface area contributed by atoms with E-state index in [4.69, 9.17) is 4.42 Å². The number of hydrogen-bond acceptors (Lipinski definition) is 3. The molecule has 1 fully saturated rings. The van der Waals surface area contributed by atoms with Crippen molar-refractivity contribution in [3.8, 4) is 0 Å². The van der Waals surface area contributed by atoms with Gasteiger partial charge in [-0.2, -0.15) is 0 Å². The first-order valence-corrected chi connectivity index (χ1v) is 5.71. The topological polar surface area (TPSA) is 49.2 Å². The summed E-state index contributed by atoms with van der Waals surface area (Å²) >= 11 is 0. The lowest BCUT2D eigenvalue weighted by Crippen LogP contribution is -2.29. The zero-order valence-corrected chi connectivity index (χ0v) is 9.03. The Morgan fingerprint density at radius 1 is 1.19 bits per heavy atom. The van der Waals surface area contributed by atoms with Gasteiger partial charge < -0.3 is 9.32 Å². The fourth-order valence-electron chi connectivity index (χ4n) is 2.34. The van der Waals surface area contributed by atoms with Crippen LogP contribution in [0.15, 0.2) is 27.4 Å². The van der Waals surface area contributed by atoms with Crippen LogP contribution in [-0.4, -0.2) is 18.1 Å². The van der Waals surface area contributed by atoms with Crippen molar-refractivity contribution < 1.29 is 4.42 Å². The van der Waals surface area contributed by atoms with E-state index in [1.807, 2.05) is 18.2 Å². The first-order chi connectivity index (χ1) is 7.84. The largest absolute Gasteiger partial charge is 0.417 e. The summed E-state index contributed by atoms with van der Waals surface area (Å²) in [5, 5.41) is 0. The maximum Gasteiger partial charge on any atom is 0.417 e. The van der Waals surface area contributed by atoms with Crippen LogP contribution < -0.4 is 10.7 Å². The highest BCUT2D eigenvalue weighted by atomic mass is 16.4. The number of rotatable bonds is 1. The highest BCUT2D eigenvalue weighted by Crippen LogP contribution is 2.27. The van der Waals surface area contributed by atoms with Gasteiger partial charge in [-0.15, -0.1) is 0 Å². The molecule has 4 heteroatoms. The van der Waals surface area contributed by atoms with Gasteiger partial charge in [-0.25, -0.2) is 4.79 Å². The van der Waals surface area contributed by atoms with Gasteiger partial charge in [0.2, 0.25) is 0 Å². The molecule has 0 saturated carbocycles. The van der Waals surface area contributed by atoms with Crippen molar-refractivity contribution in [2.45, 2.75) is 19.3 Å². The zero-order chi connectivity index (χ0) is 11.0. The number of anilines is 1. The maximum absolute atomic E-state index is 11.2. The van der Waals surface area contributed by atoms with Gasteiger partial charge in [0.15, 0.2) is 5.58 Å². The van der Waals surface area contributed by atoms with Crippen LogP contribution in [0.4, 0.5) is 5.69 Å². The average Bonchev–Trinajstić information content (AvgIpc) is 2.70. The van der Waals surface area contributed by atoms with Gasteiger partial charge in [-0.05, 0) is 31.4 Å². The van der Waals surface area contributed by atoms with Crippen LogP contribution in [0, 0.1) is 0 Å². The first-order valence-electron chi connectivity index (χ1n) is 5.71. The van der Waals surface area contributed by atoms with Crippen molar-refractivity contribution in [1.29, 1.82) is 0 Å². The molecule has 3 rings (SSSR count). The molecule has 0 spiro atoms. The average molecular weight is 218 g/mol. The predicted molar refractivity (Wildman–Crippen MR) is 62.9 cm³/mol. The van der Waals surface area contributed by atoms with Crippen molar-refractivity contribution in [3.63, 3.8) is 0 Å². The fourth-order valence-corrected chi connectivity index (χ4v) is 2.34. The first kappa shape index (κ1) is 9.51. The minimum atomic E-state index is -0.376. The summed E-state index contributed by atoms with van der Waals surface area (Å²) in [6.45, 7) is 2.10. The molecule has 0 bridgehead atoms. The molecule has 0 radical (unpaired) electrons. The number of fused-ring (bicyclic) bond motifs is 1. The van der Waals surface area contributed by atoms with Crippen LogP contribution in [-0.2, 0) is 0 Å². The van der Waals surface area contributed by atoms with Crippen LogP contribution >= 0.6 is 0 Å². The second-order valence-electron chi connectivity index (χ2n) is 4.22. The molecule has 16 heavy (non-hydrogen) atoms. The Labute approximate surface area is 92.9 Å². The van der Waals surface area contributed by atoms with Crippen LogP contribution in [0.2, 0.25) is 0 Å². The van der Waals surface area contributed by atoms with E-state index in [1.165, 1.54) is 19.3 Å². The number of nitrogens with one attached hydrogen (secondary N) is 1. The monoisotopic (exact) mass is 218 g/mol. The SMILES string of the molecule is O=c1[nH]c2cccc(N3CCCCC3)c2o1. The van der Waals surface area contributed by atoms with Gasteiger partial charge in [-0.1, -0.05) is 6.07 Å². The number of nitrogens with zero attached hydrogens (tertiary/aromatic N) is 1. The number of H-pyrrole nitrogens is 1. The summed E-state index contributed by atoms with van der Waals surface area (Å²) < 4.78 is 5.20. The van der Waals surface area contributed by atoms with Gasteiger partial charge in [0.05, 0.1) is 11.2 Å². The lowest BCUT2D eigenvalue weighted by Gasteiger charge is -2.28. The smallest absolute Gasteiger partial charge is 0.406 e. The van der Waals surface area contributed by atoms with Crippen LogP contribution in [0.5, 0.6) is 0 Å². The Hall–Kier alpha value is -1.71. The number of aromatic nitrogens is 1. The zero-order valence-electron chi connectivity index (χ0n) is 9.03. The van der Waals surface area contributed by atoms with Crippen molar-refractivity contribution >= 4 is 16.8 Å². The maximum atomic E-state index is 11.2. The molecule has 1 aromatic heterocycles. The van der Waals surface area contributed by atoms with Gasteiger partial charge in [0, 0.05) is 13.1 Å². The van der Waals surface area contributed by atoms with E-state index >= 15 is 0 Å². The molecule has 1 saturated heterocycles. The van der Waals surface area contributed by atoms with Gasteiger partial charge in [0.1, 0.15) is 0 Å². The molecule has 0 aliphatic carbocycles. The van der Waals surface area contributed by atoms with Crippen molar-refractivity contribution in [1.82, 2.24) is 4.98 Å². The molecule has 4 nitrogen and oxygen atoms in total. The Bertz CT molecular complexity index is 549. The molecule has 84 valence electrons. The second kappa shape index (κ2) is 3.70. The molecular weight excluding hydrogens is 204 g/mol. The quantitative estimate of drug-likeness (QED) is 0.797. The molecule has 2 heterocycles. The van der Waals surface area contributed by atoms with Gasteiger partial charge in [-0.3, -0.25) is 4.98 Å². The van der Waals surface area contributed by atoms with Crippen molar-refractivity contribution in [3.05, 3.63) is 28.7 Å². The standard InChI is InChI=1S/C12H14N2O2/c15-12-13-9-5-4-6-10(11(9)16-12)14-7-2-1-3-8-14/h4-6H,1-3,7-8H2,(H,13,15). The molecular formula is C12H14N2O2. The summed E-state index contributed by atoms with van der Waals surface area (Å²) in [5.41, 5.74) is 2.51. The highest BCUT2D eigenvalue weighted by Gasteiger charge is 2.15. The van der Waals surface area contributed by atoms with E-state index in [0.29, 0.717) is 5.58 Å². The van der Waals surface area contributed by atoms with E-state index in [0.717, 1.165) is 24.3 Å². The van der Waals surface area contributed by atoms with E-state index in [1.54, 1.807) is 0 Å². The van der Waals surface area contributed by atoms with E-state index < -0.39 is 0 Å². The minimum absolute atomic E-state index is 0.376. The van der Waals surface area contributed by atoms with Crippen molar-refractivity contribution in [2.24, 2.45) is 0 Å². The Balaban J connectivity index is 2.11. The van der Waals surface area contributed by atoms with E-state index in [2.05, 4.69) is 9.88 Å². The summed E-state index contributed by atoms with van der Waals surface area (Å²) in [7, 11) is 0. The summed E-state index contributed by atoms with van der Waals surface area (Å²) in [6, 6.07) is 5.84. The highest BCUT2D eigenvalue weighted by molar-refractivity contribution is 5.86. The lowest BCUT2D eigenvalue weighted by molar-refractivity contribution is 0.545. The number of para-hydroxylation sites is 1. The van der Waals surface area contributed by atoms with Crippen molar-refractivity contribution in [2.75, 3.05) is 18.0 Å². The molecule has 0 unspecified atom stereocenters. The van der Waals surface area contributed by atoms with Crippen LogP contribution in [0.3, 0.4) is 0 Å².